The lowest BCUT2D eigenvalue weighted by molar-refractivity contribution is -0.120. The van der Waals surface area contributed by atoms with Crippen LogP contribution in [0.4, 0.5) is 0 Å². The van der Waals surface area contributed by atoms with Gasteiger partial charge in [-0.15, -0.1) is 0 Å². The zero-order valence-corrected chi connectivity index (χ0v) is 21.1. The molecule has 0 saturated heterocycles. The minimum absolute atomic E-state index is 0.0625. The topological polar surface area (TPSA) is 134 Å². The predicted molar refractivity (Wildman–Crippen MR) is 140 cm³/mol. The minimum atomic E-state index is -3.71. The number of nitrogens with one attached hydrogen (secondary N) is 3. The van der Waals surface area contributed by atoms with E-state index in [4.69, 9.17) is 5.73 Å². The molecule has 0 saturated carbocycles. The van der Waals surface area contributed by atoms with E-state index in [9.17, 15) is 18.3 Å². The standard InChI is InChI=1S/C26H36N4O4S/c1-3-8-23(27)22-14-12-20(13-15-22)16-29-26(32)17-28-24(9-4-2)25(18-31)30-35(33,34)19-21-10-6-5-7-11-21/h5-15,25,28,30-31H,3-4,16-19,27H2,1-2H3,(H,29,32)/b23-8-,24-9+. The molecular formula is C26H36N4O4S. The molecule has 2 rings (SSSR count). The highest BCUT2D eigenvalue weighted by atomic mass is 32.2. The normalized spacial score (nSPS) is 13.3. The van der Waals surface area contributed by atoms with Crippen molar-refractivity contribution in [1.29, 1.82) is 0 Å². The Hall–Kier alpha value is -3.14. The highest BCUT2D eigenvalue weighted by Gasteiger charge is 2.21. The highest BCUT2D eigenvalue weighted by molar-refractivity contribution is 7.88. The minimum Gasteiger partial charge on any atom is -0.399 e. The van der Waals surface area contributed by atoms with Crippen molar-refractivity contribution in [3.05, 3.63) is 89.1 Å². The molecule has 35 heavy (non-hydrogen) atoms. The van der Waals surface area contributed by atoms with Gasteiger partial charge in [0, 0.05) is 17.9 Å². The summed E-state index contributed by atoms with van der Waals surface area (Å²) in [5, 5.41) is 15.6. The van der Waals surface area contributed by atoms with E-state index >= 15 is 0 Å². The lowest BCUT2D eigenvalue weighted by Crippen LogP contribution is -2.45. The van der Waals surface area contributed by atoms with Gasteiger partial charge in [-0.3, -0.25) is 4.79 Å². The van der Waals surface area contributed by atoms with Gasteiger partial charge in [-0.2, -0.15) is 0 Å². The van der Waals surface area contributed by atoms with Crippen LogP contribution in [0.15, 0.2) is 72.4 Å². The number of nitrogens with two attached hydrogens (primary N) is 1. The monoisotopic (exact) mass is 500 g/mol. The van der Waals surface area contributed by atoms with E-state index in [-0.39, 0.29) is 18.2 Å². The van der Waals surface area contributed by atoms with Crippen molar-refractivity contribution in [2.45, 2.75) is 45.0 Å². The molecule has 0 aliphatic rings. The number of carbonyl (C=O) groups excluding carboxylic acids is 1. The van der Waals surface area contributed by atoms with E-state index in [0.29, 0.717) is 24.2 Å². The molecule has 1 atom stereocenters. The molecule has 9 heteroatoms. The Bertz CT molecular complexity index is 1100. The average Bonchev–Trinajstić information content (AvgIpc) is 2.84. The number of hydrogen-bond acceptors (Lipinski definition) is 6. The van der Waals surface area contributed by atoms with Crippen molar-refractivity contribution in [2.75, 3.05) is 13.2 Å². The SMILES string of the molecule is CC/C=C(\N)c1ccc(CNC(=O)CN/C(=C/CC)C(CO)NS(=O)(=O)Cc2ccccc2)cc1. The predicted octanol–water partition coefficient (Wildman–Crippen LogP) is 2.38. The van der Waals surface area contributed by atoms with Crippen LogP contribution in [-0.2, 0) is 27.1 Å². The third-order valence-electron chi connectivity index (χ3n) is 5.16. The van der Waals surface area contributed by atoms with Gasteiger partial charge in [-0.1, -0.05) is 80.6 Å². The number of carbonyl (C=O) groups is 1. The third-order valence-corrected chi connectivity index (χ3v) is 6.51. The zero-order chi connectivity index (χ0) is 25.7. The average molecular weight is 501 g/mol. The van der Waals surface area contributed by atoms with E-state index in [2.05, 4.69) is 15.4 Å². The van der Waals surface area contributed by atoms with Crippen molar-refractivity contribution in [3.8, 4) is 0 Å². The largest absolute Gasteiger partial charge is 0.399 e. The van der Waals surface area contributed by atoms with Crippen LogP contribution in [-0.4, -0.2) is 38.6 Å². The van der Waals surface area contributed by atoms with E-state index in [1.165, 1.54) is 0 Å². The summed E-state index contributed by atoms with van der Waals surface area (Å²) in [6, 6.07) is 15.6. The summed E-state index contributed by atoms with van der Waals surface area (Å²) < 4.78 is 27.7. The maximum atomic E-state index is 12.6. The molecule has 6 N–H and O–H groups in total. The number of sulfonamides is 1. The van der Waals surface area contributed by atoms with E-state index < -0.39 is 22.7 Å². The van der Waals surface area contributed by atoms with Gasteiger partial charge in [-0.05, 0) is 29.5 Å². The summed E-state index contributed by atoms with van der Waals surface area (Å²) in [5.74, 6) is -0.464. The van der Waals surface area contributed by atoms with Crippen molar-refractivity contribution >= 4 is 21.6 Å². The number of aliphatic hydroxyl groups excluding tert-OH is 1. The fourth-order valence-electron chi connectivity index (χ4n) is 3.41. The van der Waals surface area contributed by atoms with Crippen LogP contribution in [0.3, 0.4) is 0 Å². The number of allylic oxidation sites excluding steroid dienone is 2. The molecule has 0 spiro atoms. The van der Waals surface area contributed by atoms with Gasteiger partial charge < -0.3 is 21.5 Å². The Morgan fingerprint density at radius 3 is 2.23 bits per heavy atom. The van der Waals surface area contributed by atoms with Gasteiger partial charge in [0.05, 0.1) is 24.9 Å². The fraction of sp³-hybridized carbons (Fsp3) is 0.346. The first kappa shape index (κ1) is 28.1. The molecule has 0 heterocycles. The molecule has 0 aliphatic heterocycles. The number of hydrogen-bond donors (Lipinski definition) is 5. The van der Waals surface area contributed by atoms with Crippen molar-refractivity contribution in [1.82, 2.24) is 15.4 Å². The van der Waals surface area contributed by atoms with Crippen LogP contribution < -0.4 is 21.1 Å². The molecule has 0 aromatic heterocycles. The van der Waals surface area contributed by atoms with Crippen molar-refractivity contribution in [3.63, 3.8) is 0 Å². The van der Waals surface area contributed by atoms with Crippen molar-refractivity contribution in [2.24, 2.45) is 5.73 Å². The smallest absolute Gasteiger partial charge is 0.239 e. The van der Waals surface area contributed by atoms with E-state index in [0.717, 1.165) is 23.2 Å². The number of rotatable bonds is 14. The molecule has 1 unspecified atom stereocenters. The van der Waals surface area contributed by atoms with E-state index in [1.54, 1.807) is 30.3 Å². The maximum absolute atomic E-state index is 12.6. The molecule has 0 radical (unpaired) electrons. The number of benzene rings is 2. The lowest BCUT2D eigenvalue weighted by atomic mass is 10.1. The van der Waals surface area contributed by atoms with Crippen LogP contribution in [0.2, 0.25) is 0 Å². The quantitative estimate of drug-likeness (QED) is 0.270. The van der Waals surface area contributed by atoms with Gasteiger partial charge in [0.25, 0.3) is 0 Å². The maximum Gasteiger partial charge on any atom is 0.239 e. The van der Waals surface area contributed by atoms with Crippen LogP contribution >= 0.6 is 0 Å². The lowest BCUT2D eigenvalue weighted by Gasteiger charge is -2.21. The second-order valence-electron chi connectivity index (χ2n) is 8.06. The van der Waals surface area contributed by atoms with Gasteiger partial charge in [0.2, 0.25) is 15.9 Å². The summed E-state index contributed by atoms with van der Waals surface area (Å²) in [5.41, 5.74) is 9.67. The number of aliphatic hydroxyl groups is 1. The molecule has 2 aromatic rings. The second-order valence-corrected chi connectivity index (χ2v) is 9.81. The Morgan fingerprint density at radius 2 is 1.63 bits per heavy atom. The molecule has 1 amide bonds. The summed E-state index contributed by atoms with van der Waals surface area (Å²) in [6.07, 6.45) is 5.16. The molecule has 0 fully saturated rings. The summed E-state index contributed by atoms with van der Waals surface area (Å²) in [7, 11) is -3.71. The Balaban J connectivity index is 1.91. The van der Waals surface area contributed by atoms with Gasteiger partial charge in [0.15, 0.2) is 0 Å². The molecule has 8 nitrogen and oxygen atoms in total. The molecule has 0 bridgehead atoms. The van der Waals surface area contributed by atoms with Crippen LogP contribution in [0.1, 0.15) is 43.4 Å². The molecule has 190 valence electrons. The van der Waals surface area contributed by atoms with Crippen LogP contribution in [0.5, 0.6) is 0 Å². The molecular weight excluding hydrogens is 464 g/mol. The Morgan fingerprint density at radius 1 is 0.971 bits per heavy atom. The fourth-order valence-corrected chi connectivity index (χ4v) is 4.76. The highest BCUT2D eigenvalue weighted by Crippen LogP contribution is 2.11. The van der Waals surface area contributed by atoms with Gasteiger partial charge >= 0.3 is 0 Å². The zero-order valence-electron chi connectivity index (χ0n) is 20.3. The van der Waals surface area contributed by atoms with Crippen molar-refractivity contribution < 1.29 is 18.3 Å². The summed E-state index contributed by atoms with van der Waals surface area (Å²) in [4.78, 5) is 12.4. The van der Waals surface area contributed by atoms with E-state index in [1.807, 2.05) is 50.3 Å². The summed E-state index contributed by atoms with van der Waals surface area (Å²) in [6.45, 7) is 3.75. The van der Waals surface area contributed by atoms with Crippen LogP contribution in [0.25, 0.3) is 5.70 Å². The second kappa shape index (κ2) is 14.3. The number of amides is 1. The molecule has 2 aromatic carbocycles. The Kier molecular flexibility index (Phi) is 11.5. The van der Waals surface area contributed by atoms with Gasteiger partial charge in [-0.25, -0.2) is 13.1 Å². The van der Waals surface area contributed by atoms with Crippen LogP contribution in [0, 0.1) is 0 Å². The molecule has 0 aliphatic carbocycles. The first-order chi connectivity index (χ1) is 16.8. The first-order valence-corrected chi connectivity index (χ1v) is 13.3. The van der Waals surface area contributed by atoms with Gasteiger partial charge in [0.1, 0.15) is 0 Å². The Labute approximate surface area is 208 Å². The third kappa shape index (κ3) is 9.94. The summed E-state index contributed by atoms with van der Waals surface area (Å²) >= 11 is 0. The first-order valence-electron chi connectivity index (χ1n) is 11.7.